The predicted molar refractivity (Wildman–Crippen MR) is 84.0 cm³/mol. The fourth-order valence-electron chi connectivity index (χ4n) is 1.08. The zero-order chi connectivity index (χ0) is 13.3. The van der Waals surface area contributed by atoms with Crippen molar-refractivity contribution in [1.82, 2.24) is 4.98 Å². The molecule has 0 aliphatic heterocycles. The fourth-order valence-corrected chi connectivity index (χ4v) is 3.07. The number of halogens is 2. The van der Waals surface area contributed by atoms with Crippen molar-refractivity contribution in [3.05, 3.63) is 26.5 Å². The molecule has 0 saturated carbocycles. The third-order valence-corrected chi connectivity index (χ3v) is 8.45. The molecular formula is C12H19ClINOSi. The molecule has 0 fully saturated rings. The summed E-state index contributed by atoms with van der Waals surface area (Å²) in [4.78, 5) is 4.14. The molecule has 96 valence electrons. The van der Waals surface area contributed by atoms with E-state index >= 15 is 0 Å². The molecule has 1 aromatic heterocycles. The SMILES string of the molecule is CC(C)(C)[Si](C)(C)OCc1cc(Cl)nc(I)c1. The summed E-state index contributed by atoms with van der Waals surface area (Å²) in [6, 6.07) is 3.89. The van der Waals surface area contributed by atoms with Gasteiger partial charge in [0, 0.05) is 0 Å². The number of aromatic nitrogens is 1. The molecule has 17 heavy (non-hydrogen) atoms. The first-order valence-corrected chi connectivity index (χ1v) is 9.94. The van der Waals surface area contributed by atoms with Gasteiger partial charge in [0.05, 0.1) is 6.61 Å². The second kappa shape index (κ2) is 5.55. The zero-order valence-electron chi connectivity index (χ0n) is 11.0. The second-order valence-electron chi connectivity index (χ2n) is 5.67. The Hall–Kier alpha value is 0.347. The highest BCUT2D eigenvalue weighted by Crippen LogP contribution is 2.37. The van der Waals surface area contributed by atoms with E-state index in [9.17, 15) is 0 Å². The van der Waals surface area contributed by atoms with E-state index in [2.05, 4.69) is 61.4 Å². The Bertz CT molecular complexity index is 384. The Kier molecular flexibility index (Phi) is 5.03. The first-order chi connectivity index (χ1) is 7.62. The van der Waals surface area contributed by atoms with Crippen LogP contribution in [0.1, 0.15) is 26.3 Å². The predicted octanol–water partition coefficient (Wildman–Crippen LogP) is 4.86. The number of hydrogen-bond donors (Lipinski definition) is 0. The normalized spacial score (nSPS) is 12.9. The minimum atomic E-state index is -1.69. The highest BCUT2D eigenvalue weighted by molar-refractivity contribution is 14.1. The lowest BCUT2D eigenvalue weighted by atomic mass is 10.2. The van der Waals surface area contributed by atoms with E-state index in [-0.39, 0.29) is 5.04 Å². The summed E-state index contributed by atoms with van der Waals surface area (Å²) < 4.78 is 7.05. The molecule has 1 heterocycles. The molecule has 0 aromatic carbocycles. The van der Waals surface area contributed by atoms with Crippen LogP contribution in [0.3, 0.4) is 0 Å². The van der Waals surface area contributed by atoms with Crippen molar-refractivity contribution in [3.8, 4) is 0 Å². The minimum Gasteiger partial charge on any atom is -0.413 e. The maximum absolute atomic E-state index is 6.14. The van der Waals surface area contributed by atoms with E-state index in [1.165, 1.54) is 0 Å². The minimum absolute atomic E-state index is 0.233. The van der Waals surface area contributed by atoms with E-state index in [1.807, 2.05) is 12.1 Å². The summed E-state index contributed by atoms with van der Waals surface area (Å²) in [5.74, 6) is 0. The van der Waals surface area contributed by atoms with Gasteiger partial charge in [-0.1, -0.05) is 32.4 Å². The van der Waals surface area contributed by atoms with E-state index < -0.39 is 8.32 Å². The molecule has 1 rings (SSSR count). The van der Waals surface area contributed by atoms with Gasteiger partial charge in [-0.3, -0.25) is 0 Å². The molecule has 0 radical (unpaired) electrons. The van der Waals surface area contributed by atoms with Crippen molar-refractivity contribution < 1.29 is 4.43 Å². The van der Waals surface area contributed by atoms with Crippen LogP contribution in [0, 0.1) is 3.70 Å². The van der Waals surface area contributed by atoms with Gasteiger partial charge in [-0.2, -0.15) is 0 Å². The van der Waals surface area contributed by atoms with Gasteiger partial charge in [-0.25, -0.2) is 4.98 Å². The van der Waals surface area contributed by atoms with Gasteiger partial charge < -0.3 is 4.43 Å². The Balaban J connectivity index is 2.74. The molecular weight excluding hydrogens is 365 g/mol. The van der Waals surface area contributed by atoms with Crippen molar-refractivity contribution in [2.45, 2.75) is 45.5 Å². The summed E-state index contributed by atoms with van der Waals surface area (Å²) in [6.45, 7) is 11.8. The van der Waals surface area contributed by atoms with Gasteiger partial charge in [0.2, 0.25) is 0 Å². The summed E-state index contributed by atoms with van der Waals surface area (Å²) >= 11 is 8.10. The van der Waals surface area contributed by atoms with Crippen LogP contribution >= 0.6 is 34.2 Å². The maximum atomic E-state index is 6.14. The van der Waals surface area contributed by atoms with Crippen LogP contribution in [-0.2, 0) is 11.0 Å². The Labute approximate surface area is 123 Å². The molecule has 0 bridgehead atoms. The lowest BCUT2D eigenvalue weighted by Crippen LogP contribution is -2.40. The van der Waals surface area contributed by atoms with Crippen molar-refractivity contribution in [1.29, 1.82) is 0 Å². The maximum Gasteiger partial charge on any atom is 0.192 e. The number of pyridine rings is 1. The highest BCUT2D eigenvalue weighted by Gasteiger charge is 2.37. The van der Waals surface area contributed by atoms with E-state index in [0.29, 0.717) is 11.8 Å². The van der Waals surface area contributed by atoms with Gasteiger partial charge in [0.25, 0.3) is 0 Å². The number of nitrogens with zero attached hydrogens (tertiary/aromatic N) is 1. The first-order valence-electron chi connectivity index (χ1n) is 5.58. The summed E-state index contributed by atoms with van der Waals surface area (Å²) in [5, 5.41) is 0.766. The van der Waals surface area contributed by atoms with Crippen molar-refractivity contribution >= 4 is 42.5 Å². The molecule has 1 aromatic rings. The third-order valence-electron chi connectivity index (χ3n) is 3.23. The third kappa shape index (κ3) is 4.50. The molecule has 0 atom stereocenters. The van der Waals surface area contributed by atoms with Gasteiger partial charge in [0.1, 0.15) is 8.85 Å². The summed E-state index contributed by atoms with van der Waals surface area (Å²) in [7, 11) is -1.69. The highest BCUT2D eigenvalue weighted by atomic mass is 127. The summed E-state index contributed by atoms with van der Waals surface area (Å²) in [6.07, 6.45) is 0. The van der Waals surface area contributed by atoms with Crippen molar-refractivity contribution in [3.63, 3.8) is 0 Å². The molecule has 0 saturated heterocycles. The van der Waals surface area contributed by atoms with E-state index in [0.717, 1.165) is 9.26 Å². The molecule has 0 N–H and O–H groups in total. The average molecular weight is 384 g/mol. The van der Waals surface area contributed by atoms with E-state index in [1.54, 1.807) is 0 Å². The average Bonchev–Trinajstić information content (AvgIpc) is 2.11. The number of rotatable bonds is 3. The van der Waals surface area contributed by atoms with Gasteiger partial charge in [-0.05, 0) is 58.4 Å². The Morgan fingerprint density at radius 1 is 1.35 bits per heavy atom. The van der Waals surface area contributed by atoms with Crippen LogP contribution in [0.5, 0.6) is 0 Å². The van der Waals surface area contributed by atoms with Crippen LogP contribution in [0.15, 0.2) is 12.1 Å². The fraction of sp³-hybridized carbons (Fsp3) is 0.583. The van der Waals surface area contributed by atoms with Crippen LogP contribution in [0.2, 0.25) is 23.3 Å². The zero-order valence-corrected chi connectivity index (χ0v) is 14.9. The lowest BCUT2D eigenvalue weighted by Gasteiger charge is -2.36. The van der Waals surface area contributed by atoms with Crippen molar-refractivity contribution in [2.24, 2.45) is 0 Å². The van der Waals surface area contributed by atoms with Crippen molar-refractivity contribution in [2.75, 3.05) is 0 Å². The monoisotopic (exact) mass is 383 g/mol. The second-order valence-corrected chi connectivity index (χ2v) is 12.0. The van der Waals surface area contributed by atoms with Gasteiger partial charge in [-0.15, -0.1) is 0 Å². The van der Waals surface area contributed by atoms with Crippen LogP contribution in [0.25, 0.3) is 0 Å². The summed E-state index contributed by atoms with van der Waals surface area (Å²) in [5.41, 5.74) is 1.10. The smallest absolute Gasteiger partial charge is 0.192 e. The molecule has 5 heteroatoms. The molecule has 0 unspecified atom stereocenters. The van der Waals surface area contributed by atoms with Crippen LogP contribution in [0.4, 0.5) is 0 Å². The molecule has 0 aliphatic carbocycles. The largest absolute Gasteiger partial charge is 0.413 e. The first kappa shape index (κ1) is 15.4. The molecule has 0 amide bonds. The number of hydrogen-bond acceptors (Lipinski definition) is 2. The molecule has 0 aliphatic rings. The topological polar surface area (TPSA) is 22.1 Å². The Morgan fingerprint density at radius 3 is 2.41 bits per heavy atom. The van der Waals surface area contributed by atoms with E-state index in [4.69, 9.17) is 16.0 Å². The quantitative estimate of drug-likeness (QED) is 0.422. The van der Waals surface area contributed by atoms with Gasteiger partial charge in [0.15, 0.2) is 8.32 Å². The van der Waals surface area contributed by atoms with Crippen LogP contribution in [-0.4, -0.2) is 13.3 Å². The molecule has 2 nitrogen and oxygen atoms in total. The van der Waals surface area contributed by atoms with Crippen LogP contribution < -0.4 is 0 Å². The standard InChI is InChI=1S/C12H19ClINOSi/c1-12(2,3)17(4,5)16-8-9-6-10(13)15-11(14)7-9/h6-7H,8H2,1-5H3. The van der Waals surface area contributed by atoms with Gasteiger partial charge >= 0.3 is 0 Å². The Morgan fingerprint density at radius 2 is 1.94 bits per heavy atom. The lowest BCUT2D eigenvalue weighted by molar-refractivity contribution is 0.276. The molecule has 0 spiro atoms.